The van der Waals surface area contributed by atoms with Crippen LogP contribution in [0.2, 0.25) is 0 Å². The van der Waals surface area contributed by atoms with Crippen LogP contribution in [-0.4, -0.2) is 4.98 Å². The number of rotatable bonds is 3. The van der Waals surface area contributed by atoms with E-state index in [-0.39, 0.29) is 5.82 Å². The number of nitrogens with zero attached hydrogens (tertiary/aromatic N) is 1. The number of nitrogen functional groups attached to an aromatic ring is 1. The van der Waals surface area contributed by atoms with Crippen LogP contribution in [0.15, 0.2) is 23.1 Å². The van der Waals surface area contributed by atoms with Crippen molar-refractivity contribution in [2.24, 2.45) is 0 Å². The highest BCUT2D eigenvalue weighted by Crippen LogP contribution is 2.28. The fourth-order valence-electron chi connectivity index (χ4n) is 1.41. The number of nitrogens with two attached hydrogens (primary N) is 1. The van der Waals surface area contributed by atoms with E-state index in [2.05, 4.69) is 11.9 Å². The zero-order valence-corrected chi connectivity index (χ0v) is 11.3. The first-order valence-corrected chi connectivity index (χ1v) is 6.96. The molecule has 90 valence electrons. The Balaban J connectivity index is 2.07. The Labute approximate surface area is 108 Å². The van der Waals surface area contributed by atoms with E-state index in [0.29, 0.717) is 5.69 Å². The van der Waals surface area contributed by atoms with Gasteiger partial charge in [-0.1, -0.05) is 0 Å². The minimum Gasteiger partial charge on any atom is -0.399 e. The molecule has 0 unspecified atom stereocenters. The average Bonchev–Trinajstić information content (AvgIpc) is 2.54. The number of aryl methyl sites for hydroxylation is 2. The van der Waals surface area contributed by atoms with Gasteiger partial charge < -0.3 is 5.73 Å². The topological polar surface area (TPSA) is 38.9 Å². The van der Waals surface area contributed by atoms with Gasteiger partial charge in [0.1, 0.15) is 10.8 Å². The summed E-state index contributed by atoms with van der Waals surface area (Å²) in [5.74, 6) is 0.460. The van der Waals surface area contributed by atoms with Crippen molar-refractivity contribution in [1.82, 2.24) is 4.98 Å². The first-order chi connectivity index (χ1) is 8.04. The Bertz CT molecular complexity index is 498. The van der Waals surface area contributed by atoms with Crippen molar-refractivity contribution in [1.29, 1.82) is 0 Å². The van der Waals surface area contributed by atoms with Crippen molar-refractivity contribution in [3.05, 3.63) is 39.6 Å². The van der Waals surface area contributed by atoms with E-state index in [0.717, 1.165) is 21.3 Å². The van der Waals surface area contributed by atoms with Crippen molar-refractivity contribution in [3.8, 4) is 0 Å². The summed E-state index contributed by atoms with van der Waals surface area (Å²) in [6, 6.07) is 4.59. The quantitative estimate of drug-likeness (QED) is 0.680. The van der Waals surface area contributed by atoms with Gasteiger partial charge in [0.05, 0.1) is 11.4 Å². The number of halogens is 1. The average molecular weight is 268 g/mol. The molecule has 0 bridgehead atoms. The second-order valence-electron chi connectivity index (χ2n) is 3.76. The van der Waals surface area contributed by atoms with Gasteiger partial charge in [-0.05, 0) is 32.0 Å². The fraction of sp³-hybridized carbons (Fsp3) is 0.250. The third kappa shape index (κ3) is 3.20. The molecule has 0 spiro atoms. The van der Waals surface area contributed by atoms with Crippen molar-refractivity contribution in [2.45, 2.75) is 24.5 Å². The summed E-state index contributed by atoms with van der Waals surface area (Å²) in [4.78, 5) is 6.52. The number of thiazole rings is 1. The zero-order valence-electron chi connectivity index (χ0n) is 9.66. The third-order valence-electron chi connectivity index (χ3n) is 2.33. The number of hydrogen-bond donors (Lipinski definition) is 1. The van der Waals surface area contributed by atoms with Gasteiger partial charge in [0, 0.05) is 15.5 Å². The molecule has 0 amide bonds. The molecule has 0 radical (unpaired) electrons. The lowest BCUT2D eigenvalue weighted by Crippen LogP contribution is -1.87. The predicted octanol–water partition coefficient (Wildman–Crippen LogP) is 3.77. The summed E-state index contributed by atoms with van der Waals surface area (Å²) >= 11 is 3.24. The summed E-state index contributed by atoms with van der Waals surface area (Å²) in [6.07, 6.45) is 0. The molecule has 2 aromatic rings. The minimum atomic E-state index is -0.293. The highest BCUT2D eigenvalue weighted by atomic mass is 32.2. The highest BCUT2D eigenvalue weighted by molar-refractivity contribution is 7.98. The van der Waals surface area contributed by atoms with Crippen LogP contribution in [0, 0.1) is 19.7 Å². The molecule has 17 heavy (non-hydrogen) atoms. The largest absolute Gasteiger partial charge is 0.399 e. The van der Waals surface area contributed by atoms with Crippen LogP contribution in [0.25, 0.3) is 0 Å². The van der Waals surface area contributed by atoms with Crippen LogP contribution in [0.4, 0.5) is 10.1 Å². The van der Waals surface area contributed by atoms with Crippen LogP contribution in [0.5, 0.6) is 0 Å². The molecule has 0 aliphatic heterocycles. The Morgan fingerprint density at radius 1 is 1.35 bits per heavy atom. The number of thioether (sulfide) groups is 1. The smallest absolute Gasteiger partial charge is 0.126 e. The fourth-order valence-corrected chi connectivity index (χ4v) is 3.33. The van der Waals surface area contributed by atoms with Gasteiger partial charge in [0.2, 0.25) is 0 Å². The maximum atomic E-state index is 13.1. The number of anilines is 1. The lowest BCUT2D eigenvalue weighted by atomic mass is 10.3. The number of aromatic nitrogens is 1. The molecule has 0 aliphatic rings. The van der Waals surface area contributed by atoms with Gasteiger partial charge in [-0.2, -0.15) is 0 Å². The Kier molecular flexibility index (Phi) is 3.69. The molecule has 5 heteroatoms. The van der Waals surface area contributed by atoms with Gasteiger partial charge in [-0.3, -0.25) is 0 Å². The van der Waals surface area contributed by atoms with E-state index >= 15 is 0 Å². The normalized spacial score (nSPS) is 10.8. The van der Waals surface area contributed by atoms with Crippen molar-refractivity contribution in [3.63, 3.8) is 0 Å². The molecule has 0 saturated carbocycles. The molecular formula is C12H13FN2S2. The van der Waals surface area contributed by atoms with Gasteiger partial charge in [0.25, 0.3) is 0 Å². The zero-order chi connectivity index (χ0) is 12.4. The SMILES string of the molecule is Cc1nc(CSc2cc(N)cc(F)c2)sc1C. The number of benzene rings is 1. The van der Waals surface area contributed by atoms with E-state index < -0.39 is 0 Å². The lowest BCUT2D eigenvalue weighted by molar-refractivity contribution is 0.625. The second kappa shape index (κ2) is 5.06. The van der Waals surface area contributed by atoms with Gasteiger partial charge in [0.15, 0.2) is 0 Å². The summed E-state index contributed by atoms with van der Waals surface area (Å²) in [6.45, 7) is 4.06. The number of hydrogen-bond acceptors (Lipinski definition) is 4. The molecule has 0 saturated heterocycles. The maximum absolute atomic E-state index is 13.1. The van der Waals surface area contributed by atoms with Crippen LogP contribution in [-0.2, 0) is 5.75 Å². The van der Waals surface area contributed by atoms with Crippen molar-refractivity contribution >= 4 is 28.8 Å². The Hall–Kier alpha value is -1.07. The van der Waals surface area contributed by atoms with Crippen molar-refractivity contribution < 1.29 is 4.39 Å². The lowest BCUT2D eigenvalue weighted by Gasteiger charge is -2.01. The molecule has 2 N–H and O–H groups in total. The summed E-state index contributed by atoms with van der Waals surface area (Å²) < 4.78 is 13.1. The monoisotopic (exact) mass is 268 g/mol. The second-order valence-corrected chi connectivity index (χ2v) is 6.09. The van der Waals surface area contributed by atoms with E-state index in [9.17, 15) is 4.39 Å². The molecule has 1 aromatic heterocycles. The Morgan fingerprint density at radius 3 is 2.71 bits per heavy atom. The molecule has 2 nitrogen and oxygen atoms in total. The molecule has 1 aromatic carbocycles. The highest BCUT2D eigenvalue weighted by Gasteiger charge is 2.05. The van der Waals surface area contributed by atoms with E-state index in [1.54, 1.807) is 29.2 Å². The van der Waals surface area contributed by atoms with Gasteiger partial charge in [-0.25, -0.2) is 9.37 Å². The van der Waals surface area contributed by atoms with Gasteiger partial charge in [-0.15, -0.1) is 23.1 Å². The predicted molar refractivity (Wildman–Crippen MR) is 72.0 cm³/mol. The van der Waals surface area contributed by atoms with Crippen LogP contribution in [0.3, 0.4) is 0 Å². The standard InChI is InChI=1S/C12H13FN2S2/c1-7-8(2)17-12(15-7)6-16-11-4-9(13)3-10(14)5-11/h3-5H,6,14H2,1-2H3. The minimum absolute atomic E-state index is 0.293. The summed E-state index contributed by atoms with van der Waals surface area (Å²) in [5.41, 5.74) is 7.12. The van der Waals surface area contributed by atoms with Crippen LogP contribution < -0.4 is 5.73 Å². The molecule has 2 rings (SSSR count). The molecule has 1 heterocycles. The molecular weight excluding hydrogens is 255 g/mol. The van der Waals surface area contributed by atoms with E-state index in [4.69, 9.17) is 5.73 Å². The molecule has 0 aliphatic carbocycles. The van der Waals surface area contributed by atoms with E-state index in [1.165, 1.54) is 17.0 Å². The van der Waals surface area contributed by atoms with Crippen LogP contribution in [0.1, 0.15) is 15.6 Å². The summed E-state index contributed by atoms with van der Waals surface area (Å²) in [7, 11) is 0. The Morgan fingerprint density at radius 2 is 2.12 bits per heavy atom. The van der Waals surface area contributed by atoms with Gasteiger partial charge >= 0.3 is 0 Å². The van der Waals surface area contributed by atoms with E-state index in [1.807, 2.05) is 6.92 Å². The first-order valence-electron chi connectivity index (χ1n) is 5.16. The summed E-state index contributed by atoms with van der Waals surface area (Å²) in [5, 5.41) is 1.06. The van der Waals surface area contributed by atoms with Crippen LogP contribution >= 0.6 is 23.1 Å². The van der Waals surface area contributed by atoms with Crippen molar-refractivity contribution in [2.75, 3.05) is 5.73 Å². The third-order valence-corrected chi connectivity index (χ3v) is 4.57. The molecule has 0 fully saturated rings. The maximum Gasteiger partial charge on any atom is 0.126 e. The molecule has 0 atom stereocenters. The first kappa shape index (κ1) is 12.4.